The van der Waals surface area contributed by atoms with Crippen LogP contribution in [0.5, 0.6) is 0 Å². The van der Waals surface area contributed by atoms with E-state index in [1.54, 1.807) is 0 Å². The summed E-state index contributed by atoms with van der Waals surface area (Å²) in [6.45, 7) is 5.29. The fourth-order valence-corrected chi connectivity index (χ4v) is 2.78. The van der Waals surface area contributed by atoms with E-state index in [9.17, 15) is 0 Å². The molecule has 5 heteroatoms. The van der Waals surface area contributed by atoms with Crippen LogP contribution in [0.2, 0.25) is 0 Å². The number of aromatic nitrogens is 2. The molecule has 5 nitrogen and oxygen atoms in total. The van der Waals surface area contributed by atoms with Gasteiger partial charge in [-0.15, -0.1) is 0 Å². The van der Waals surface area contributed by atoms with Crippen LogP contribution in [0, 0.1) is 0 Å². The molecule has 24 heavy (non-hydrogen) atoms. The van der Waals surface area contributed by atoms with Crippen LogP contribution in [-0.2, 0) is 17.8 Å². The molecule has 0 spiro atoms. The smallest absolute Gasteiger partial charge is 0.171 e. The molecule has 4 aliphatic heterocycles. The van der Waals surface area contributed by atoms with E-state index >= 15 is 0 Å². The first-order valence-electron chi connectivity index (χ1n) is 8.94. The topological polar surface area (TPSA) is 41.0 Å². The SMILES string of the molecule is c1c[n+]2ccc1NCCCCCNc1cc[n+](cc1)CCOCC2. The van der Waals surface area contributed by atoms with Gasteiger partial charge in [-0.1, -0.05) is 0 Å². The Balaban J connectivity index is 1.56. The number of nitrogens with zero attached hydrogens (tertiary/aromatic N) is 2. The second-order valence-corrected chi connectivity index (χ2v) is 6.18. The molecule has 6 heterocycles. The maximum atomic E-state index is 5.75. The van der Waals surface area contributed by atoms with Gasteiger partial charge in [0, 0.05) is 48.7 Å². The van der Waals surface area contributed by atoms with Crippen LogP contribution in [-0.4, -0.2) is 26.3 Å². The van der Waals surface area contributed by atoms with Crippen molar-refractivity contribution in [1.29, 1.82) is 0 Å². The summed E-state index contributed by atoms with van der Waals surface area (Å²) in [5.74, 6) is 0. The number of hydrogen-bond acceptors (Lipinski definition) is 3. The summed E-state index contributed by atoms with van der Waals surface area (Å²) in [6, 6.07) is 8.54. The van der Waals surface area contributed by atoms with Crippen molar-refractivity contribution in [3.8, 4) is 0 Å². The van der Waals surface area contributed by atoms with Gasteiger partial charge in [0.1, 0.15) is 13.2 Å². The summed E-state index contributed by atoms with van der Waals surface area (Å²) in [7, 11) is 0. The largest absolute Gasteiger partial charge is 0.385 e. The molecule has 0 amide bonds. The van der Waals surface area contributed by atoms with Crippen molar-refractivity contribution in [3.05, 3.63) is 49.1 Å². The Kier molecular flexibility index (Phi) is 6.42. The average Bonchev–Trinajstić information content (AvgIpc) is 2.62. The third-order valence-electron chi connectivity index (χ3n) is 4.28. The van der Waals surface area contributed by atoms with E-state index in [-0.39, 0.29) is 0 Å². The molecule has 0 aromatic carbocycles. The zero-order valence-electron chi connectivity index (χ0n) is 14.3. The van der Waals surface area contributed by atoms with E-state index in [0.29, 0.717) is 0 Å². The lowest BCUT2D eigenvalue weighted by Gasteiger charge is -2.08. The summed E-state index contributed by atoms with van der Waals surface area (Å²) >= 11 is 0. The molecule has 2 N–H and O–H groups in total. The van der Waals surface area contributed by atoms with Crippen LogP contribution in [0.4, 0.5) is 11.4 Å². The fourth-order valence-electron chi connectivity index (χ4n) is 2.78. The lowest BCUT2D eigenvalue weighted by molar-refractivity contribution is -0.705. The molecule has 0 aliphatic carbocycles. The van der Waals surface area contributed by atoms with Gasteiger partial charge in [0.05, 0.1) is 0 Å². The van der Waals surface area contributed by atoms with E-state index in [1.165, 1.54) is 30.6 Å². The maximum absolute atomic E-state index is 5.75. The Morgan fingerprint density at radius 1 is 0.667 bits per heavy atom. The van der Waals surface area contributed by atoms with Crippen LogP contribution >= 0.6 is 0 Å². The Labute approximate surface area is 144 Å². The van der Waals surface area contributed by atoms with Gasteiger partial charge in [0.25, 0.3) is 0 Å². The number of hydrogen-bond donors (Lipinski definition) is 2. The van der Waals surface area contributed by atoms with Gasteiger partial charge in [-0.05, 0) is 19.3 Å². The van der Waals surface area contributed by atoms with Crippen molar-refractivity contribution in [1.82, 2.24) is 0 Å². The molecule has 4 bridgehead atoms. The molecule has 2 aromatic rings. The average molecular weight is 328 g/mol. The molecule has 0 atom stereocenters. The van der Waals surface area contributed by atoms with Crippen molar-refractivity contribution >= 4 is 11.4 Å². The predicted octanol–water partition coefficient (Wildman–Crippen LogP) is 1.99. The molecule has 0 saturated heterocycles. The zero-order valence-corrected chi connectivity index (χ0v) is 14.3. The highest BCUT2D eigenvalue weighted by molar-refractivity contribution is 5.40. The van der Waals surface area contributed by atoms with Crippen LogP contribution in [0.25, 0.3) is 0 Å². The van der Waals surface area contributed by atoms with Crippen LogP contribution in [0.1, 0.15) is 19.3 Å². The molecule has 0 radical (unpaired) electrons. The van der Waals surface area contributed by atoms with Crippen molar-refractivity contribution in [2.24, 2.45) is 0 Å². The van der Waals surface area contributed by atoms with E-state index in [1.807, 2.05) is 0 Å². The normalized spacial score (nSPS) is 17.0. The second-order valence-electron chi connectivity index (χ2n) is 6.18. The quantitative estimate of drug-likeness (QED) is 0.727. The third kappa shape index (κ3) is 5.49. The molecule has 2 aromatic heterocycles. The molecule has 0 saturated carbocycles. The Hall–Kier alpha value is -2.14. The predicted molar refractivity (Wildman–Crippen MR) is 94.9 cm³/mol. The standard InChI is InChI=1S/C19H26N4O/c1-2-8-20-18-4-10-22(11-5-18)14-16-24-17-15-23-12-6-19(7-13-23)21-9-3-1/h4-7,10-13H,1-3,8-9,14-17H2/p+2. The monoisotopic (exact) mass is 328 g/mol. The summed E-state index contributed by atoms with van der Waals surface area (Å²) in [4.78, 5) is 0. The van der Waals surface area contributed by atoms with E-state index in [4.69, 9.17) is 4.74 Å². The second kappa shape index (κ2) is 9.23. The van der Waals surface area contributed by atoms with Crippen molar-refractivity contribution in [2.75, 3.05) is 36.9 Å². The Bertz CT molecular complexity index is 544. The number of rotatable bonds is 0. The van der Waals surface area contributed by atoms with Crippen molar-refractivity contribution in [3.63, 3.8) is 0 Å². The maximum Gasteiger partial charge on any atom is 0.171 e. The molecule has 6 rings (SSSR count). The van der Waals surface area contributed by atoms with Crippen molar-refractivity contribution < 1.29 is 13.9 Å². The van der Waals surface area contributed by atoms with Crippen LogP contribution in [0.3, 0.4) is 0 Å². The first-order valence-corrected chi connectivity index (χ1v) is 8.94. The minimum Gasteiger partial charge on any atom is -0.385 e. The highest BCUT2D eigenvalue weighted by Crippen LogP contribution is 2.06. The van der Waals surface area contributed by atoms with Gasteiger partial charge in [0.15, 0.2) is 37.9 Å². The summed E-state index contributed by atoms with van der Waals surface area (Å²) < 4.78 is 10.1. The highest BCUT2D eigenvalue weighted by atomic mass is 16.5. The summed E-state index contributed by atoms with van der Waals surface area (Å²) in [5.41, 5.74) is 2.38. The lowest BCUT2D eigenvalue weighted by Crippen LogP contribution is -2.37. The first-order chi connectivity index (χ1) is 11.9. The summed E-state index contributed by atoms with van der Waals surface area (Å²) in [6.07, 6.45) is 12.1. The third-order valence-corrected chi connectivity index (χ3v) is 4.28. The number of anilines is 2. The summed E-state index contributed by atoms with van der Waals surface area (Å²) in [5, 5.41) is 6.98. The molecule has 0 fully saturated rings. The van der Waals surface area contributed by atoms with Gasteiger partial charge < -0.3 is 15.4 Å². The Morgan fingerprint density at radius 2 is 1.12 bits per heavy atom. The van der Waals surface area contributed by atoms with E-state index in [0.717, 1.165) is 39.4 Å². The van der Waals surface area contributed by atoms with Crippen LogP contribution < -0.4 is 19.8 Å². The van der Waals surface area contributed by atoms with Gasteiger partial charge in [-0.3, -0.25) is 0 Å². The van der Waals surface area contributed by atoms with Gasteiger partial charge in [-0.2, -0.15) is 0 Å². The molecular formula is C19H28N4O+2. The van der Waals surface area contributed by atoms with Gasteiger partial charge >= 0.3 is 0 Å². The van der Waals surface area contributed by atoms with Crippen LogP contribution in [0.15, 0.2) is 49.1 Å². The number of ether oxygens (including phenoxy) is 1. The van der Waals surface area contributed by atoms with Gasteiger partial charge in [-0.25, -0.2) is 9.13 Å². The first kappa shape index (κ1) is 16.7. The highest BCUT2D eigenvalue weighted by Gasteiger charge is 2.04. The minimum absolute atomic E-state index is 0.734. The van der Waals surface area contributed by atoms with E-state index in [2.05, 4.69) is 68.8 Å². The molecule has 0 unspecified atom stereocenters. The lowest BCUT2D eigenvalue weighted by atomic mass is 10.2. The minimum atomic E-state index is 0.734. The fraction of sp³-hybridized carbons (Fsp3) is 0.474. The number of pyridine rings is 2. The molecule has 128 valence electrons. The molecule has 4 aliphatic rings. The molecular weight excluding hydrogens is 300 g/mol. The van der Waals surface area contributed by atoms with E-state index < -0.39 is 0 Å². The zero-order chi connectivity index (χ0) is 16.5. The van der Waals surface area contributed by atoms with Gasteiger partial charge in [0.2, 0.25) is 0 Å². The number of nitrogens with one attached hydrogen (secondary N) is 2. The Morgan fingerprint density at radius 3 is 1.58 bits per heavy atom. The van der Waals surface area contributed by atoms with Crippen molar-refractivity contribution in [2.45, 2.75) is 32.4 Å².